The van der Waals surface area contributed by atoms with Crippen molar-refractivity contribution in [2.75, 3.05) is 6.54 Å². The predicted octanol–water partition coefficient (Wildman–Crippen LogP) is 5.73. The van der Waals surface area contributed by atoms with Crippen LogP contribution in [0.2, 0.25) is 0 Å². The number of benzene rings is 2. The van der Waals surface area contributed by atoms with Gasteiger partial charge in [0, 0.05) is 19.0 Å². The Labute approximate surface area is 239 Å². The molecule has 3 N–H and O–H groups in total. The van der Waals surface area contributed by atoms with Crippen molar-refractivity contribution in [2.45, 2.75) is 105 Å². The summed E-state index contributed by atoms with van der Waals surface area (Å²) in [6.07, 6.45) is 1.98. The van der Waals surface area contributed by atoms with E-state index in [0.717, 1.165) is 35.1 Å². The first-order valence-electron chi connectivity index (χ1n) is 14.2. The first kappa shape index (κ1) is 32.7. The largest absolute Gasteiger partial charge is 0.508 e. The first-order valence-corrected chi connectivity index (χ1v) is 14.2. The van der Waals surface area contributed by atoms with E-state index < -0.39 is 23.8 Å². The molecule has 40 heavy (non-hydrogen) atoms. The lowest BCUT2D eigenvalue weighted by Gasteiger charge is -2.35. The number of hydrogen-bond donors (Lipinski definition) is 3. The van der Waals surface area contributed by atoms with E-state index in [0.29, 0.717) is 13.0 Å². The first-order chi connectivity index (χ1) is 18.7. The van der Waals surface area contributed by atoms with Gasteiger partial charge in [-0.2, -0.15) is 0 Å². The molecule has 0 aliphatic rings. The third-order valence-electron chi connectivity index (χ3n) is 6.37. The zero-order valence-corrected chi connectivity index (χ0v) is 25.3. The summed E-state index contributed by atoms with van der Waals surface area (Å²) in [5.41, 5.74) is 2.63. The third kappa shape index (κ3) is 10.2. The van der Waals surface area contributed by atoms with Gasteiger partial charge in [0.05, 0.1) is 0 Å². The molecule has 220 valence electrons. The van der Waals surface area contributed by atoms with Gasteiger partial charge in [-0.15, -0.1) is 0 Å². The van der Waals surface area contributed by atoms with Crippen molar-refractivity contribution >= 4 is 17.9 Å². The van der Waals surface area contributed by atoms with Gasteiger partial charge in [0.2, 0.25) is 11.8 Å². The molecule has 2 unspecified atom stereocenters. The van der Waals surface area contributed by atoms with E-state index in [4.69, 9.17) is 4.74 Å². The Bertz CT molecular complexity index is 1140. The van der Waals surface area contributed by atoms with E-state index in [2.05, 4.69) is 17.6 Å². The lowest BCUT2D eigenvalue weighted by atomic mass is 9.95. The molecule has 0 fully saturated rings. The molecule has 0 heterocycles. The number of carbonyl (C=O) groups is 3. The highest BCUT2D eigenvalue weighted by atomic mass is 16.6. The Balaban J connectivity index is 2.61. The number of unbranched alkanes of at least 4 members (excludes halogenated alkanes) is 2. The van der Waals surface area contributed by atoms with E-state index in [1.54, 1.807) is 49.9 Å². The molecule has 0 saturated heterocycles. The van der Waals surface area contributed by atoms with Gasteiger partial charge in [-0.05, 0) is 83.7 Å². The number of aromatic hydroxyl groups is 1. The minimum atomic E-state index is -1.000. The van der Waals surface area contributed by atoms with Crippen LogP contribution in [0.15, 0.2) is 42.5 Å². The van der Waals surface area contributed by atoms with E-state index in [-0.39, 0.29) is 30.0 Å². The molecular weight excluding hydrogens is 506 g/mol. The summed E-state index contributed by atoms with van der Waals surface area (Å²) >= 11 is 0. The second-order valence-corrected chi connectivity index (χ2v) is 11.7. The summed E-state index contributed by atoms with van der Waals surface area (Å²) in [4.78, 5) is 42.7. The minimum Gasteiger partial charge on any atom is -0.508 e. The molecule has 0 aliphatic carbocycles. The topological polar surface area (TPSA) is 108 Å². The Morgan fingerprint density at radius 2 is 1.62 bits per heavy atom. The maximum Gasteiger partial charge on any atom is 0.408 e. The molecule has 2 atom stereocenters. The number of carbonyl (C=O) groups excluding carboxylic acids is 3. The van der Waals surface area contributed by atoms with Gasteiger partial charge >= 0.3 is 6.09 Å². The van der Waals surface area contributed by atoms with Crippen LogP contribution in [0, 0.1) is 13.8 Å². The van der Waals surface area contributed by atoms with Gasteiger partial charge in [0.15, 0.2) is 0 Å². The third-order valence-corrected chi connectivity index (χ3v) is 6.37. The van der Waals surface area contributed by atoms with Crippen molar-refractivity contribution in [3.63, 3.8) is 0 Å². The molecule has 2 aromatic carbocycles. The molecule has 8 heteroatoms. The highest BCUT2D eigenvalue weighted by Crippen LogP contribution is 2.28. The van der Waals surface area contributed by atoms with E-state index in [1.807, 2.05) is 45.9 Å². The standard InChI is InChI=1S/C32H47N3O5/c1-9-10-11-18-35(28(29(37)33-21(2)3)26-19-22(4)12-13-23(26)5)30(38)27(34-31(39)40-32(6,7)8)20-24-14-16-25(36)17-15-24/h12-17,19,21,27-28,36H,9-11,18,20H2,1-8H3,(H,33,37)(H,34,39). The van der Waals surface area contributed by atoms with Crippen molar-refractivity contribution in [3.05, 3.63) is 64.7 Å². The quantitative estimate of drug-likeness (QED) is 0.291. The van der Waals surface area contributed by atoms with Crippen molar-refractivity contribution in [2.24, 2.45) is 0 Å². The number of aryl methyl sites for hydroxylation is 2. The summed E-state index contributed by atoms with van der Waals surface area (Å²) in [6.45, 7) is 15.4. The molecule has 0 aliphatic heterocycles. The van der Waals surface area contributed by atoms with Crippen LogP contribution in [-0.4, -0.2) is 52.1 Å². The normalized spacial score (nSPS) is 12.9. The summed E-state index contributed by atoms with van der Waals surface area (Å²) < 4.78 is 5.49. The fraction of sp³-hybridized carbons (Fsp3) is 0.531. The van der Waals surface area contributed by atoms with Crippen LogP contribution >= 0.6 is 0 Å². The maximum atomic E-state index is 14.4. The zero-order valence-electron chi connectivity index (χ0n) is 25.3. The van der Waals surface area contributed by atoms with Crippen LogP contribution in [0.25, 0.3) is 0 Å². The van der Waals surface area contributed by atoms with Crippen LogP contribution in [0.1, 0.15) is 89.1 Å². The molecule has 0 bridgehead atoms. The Hall–Kier alpha value is -3.55. The summed E-state index contributed by atoms with van der Waals surface area (Å²) in [6, 6.07) is 10.4. The number of phenols is 1. The van der Waals surface area contributed by atoms with Crippen molar-refractivity contribution < 1.29 is 24.2 Å². The van der Waals surface area contributed by atoms with Crippen LogP contribution < -0.4 is 10.6 Å². The molecule has 2 rings (SSSR count). The molecule has 8 nitrogen and oxygen atoms in total. The number of phenolic OH excluding ortho intramolecular Hbond substituents is 1. The van der Waals surface area contributed by atoms with Gasteiger partial charge in [0.1, 0.15) is 23.4 Å². The second kappa shape index (κ2) is 14.7. The van der Waals surface area contributed by atoms with Gasteiger partial charge < -0.3 is 25.4 Å². The monoisotopic (exact) mass is 553 g/mol. The van der Waals surface area contributed by atoms with Gasteiger partial charge in [0.25, 0.3) is 0 Å². The van der Waals surface area contributed by atoms with Crippen LogP contribution in [0.4, 0.5) is 4.79 Å². The zero-order chi connectivity index (χ0) is 30.0. The lowest BCUT2D eigenvalue weighted by Crippen LogP contribution is -2.54. The number of nitrogens with one attached hydrogen (secondary N) is 2. The average Bonchev–Trinajstić information content (AvgIpc) is 2.84. The summed E-state index contributed by atoms with van der Waals surface area (Å²) in [5, 5.41) is 15.5. The second-order valence-electron chi connectivity index (χ2n) is 11.7. The fourth-order valence-electron chi connectivity index (χ4n) is 4.49. The number of alkyl carbamates (subject to hydrolysis) is 1. The Kier molecular flexibility index (Phi) is 12.0. The molecule has 3 amide bonds. The van der Waals surface area contributed by atoms with Crippen LogP contribution in [-0.2, 0) is 20.7 Å². The minimum absolute atomic E-state index is 0.105. The van der Waals surface area contributed by atoms with E-state index >= 15 is 0 Å². The van der Waals surface area contributed by atoms with E-state index in [1.165, 1.54) is 0 Å². The lowest BCUT2D eigenvalue weighted by molar-refractivity contribution is -0.142. The highest BCUT2D eigenvalue weighted by molar-refractivity contribution is 5.92. The Morgan fingerprint density at radius 3 is 2.20 bits per heavy atom. The number of rotatable bonds is 12. The number of amides is 3. The van der Waals surface area contributed by atoms with Gasteiger partial charge in [-0.3, -0.25) is 9.59 Å². The van der Waals surface area contributed by atoms with Crippen LogP contribution in [0.3, 0.4) is 0 Å². The molecule has 2 aromatic rings. The fourth-order valence-corrected chi connectivity index (χ4v) is 4.49. The Morgan fingerprint density at radius 1 is 0.975 bits per heavy atom. The smallest absolute Gasteiger partial charge is 0.408 e. The number of ether oxygens (including phenoxy) is 1. The molecule has 0 aromatic heterocycles. The van der Waals surface area contributed by atoms with Crippen LogP contribution in [0.5, 0.6) is 5.75 Å². The van der Waals surface area contributed by atoms with Crippen molar-refractivity contribution in [1.29, 1.82) is 0 Å². The SMILES string of the molecule is CCCCCN(C(=O)C(Cc1ccc(O)cc1)NC(=O)OC(C)(C)C)C(C(=O)NC(C)C)c1cc(C)ccc1C. The molecule has 0 spiro atoms. The molecule has 0 radical (unpaired) electrons. The van der Waals surface area contributed by atoms with Gasteiger partial charge in [-0.25, -0.2) is 4.79 Å². The summed E-state index contributed by atoms with van der Waals surface area (Å²) in [5.74, 6) is -0.540. The number of hydrogen-bond acceptors (Lipinski definition) is 5. The maximum absolute atomic E-state index is 14.4. The van der Waals surface area contributed by atoms with Crippen molar-refractivity contribution in [3.8, 4) is 5.75 Å². The predicted molar refractivity (Wildman–Crippen MR) is 158 cm³/mol. The van der Waals surface area contributed by atoms with E-state index in [9.17, 15) is 19.5 Å². The van der Waals surface area contributed by atoms with Crippen molar-refractivity contribution in [1.82, 2.24) is 15.5 Å². The van der Waals surface area contributed by atoms with Gasteiger partial charge in [-0.1, -0.05) is 55.7 Å². The average molecular weight is 554 g/mol. The molecular formula is C32H47N3O5. The highest BCUT2D eigenvalue weighted by Gasteiger charge is 2.37. The number of nitrogens with zero attached hydrogens (tertiary/aromatic N) is 1. The molecule has 0 saturated carbocycles. The summed E-state index contributed by atoms with van der Waals surface area (Å²) in [7, 11) is 0.